The van der Waals surface area contributed by atoms with Crippen molar-refractivity contribution in [1.29, 1.82) is 0 Å². The lowest BCUT2D eigenvalue weighted by Gasteiger charge is -2.18. The third kappa shape index (κ3) is 6.22. The van der Waals surface area contributed by atoms with Gasteiger partial charge in [0.15, 0.2) is 0 Å². The number of nitrogens with one attached hydrogen (secondary N) is 2. The molecule has 0 saturated carbocycles. The summed E-state index contributed by atoms with van der Waals surface area (Å²) in [6.45, 7) is 6.88. The highest BCUT2D eigenvalue weighted by atomic mass is 19.4. The number of hydrogen-bond acceptors (Lipinski definition) is 5. The van der Waals surface area contributed by atoms with Gasteiger partial charge in [-0.15, -0.1) is 0 Å². The summed E-state index contributed by atoms with van der Waals surface area (Å²) in [5, 5.41) is 5.79. The SMILES string of the molecule is CC.Cc1ccc(NC(=O)C2=Cc3cc(Oc4ccnc(C5=NCCN5)c4)ccc3CC2)cc1C(F)(F)F. The molecule has 0 unspecified atom stereocenters. The van der Waals surface area contributed by atoms with Crippen molar-refractivity contribution >= 4 is 23.5 Å². The van der Waals surface area contributed by atoms with Crippen LogP contribution in [0.3, 0.4) is 0 Å². The molecule has 6 nitrogen and oxygen atoms in total. The van der Waals surface area contributed by atoms with E-state index in [0.717, 1.165) is 29.6 Å². The summed E-state index contributed by atoms with van der Waals surface area (Å²) in [6.07, 6.45) is 0.0560. The first-order valence-electron chi connectivity index (χ1n) is 12.5. The zero-order valence-electron chi connectivity index (χ0n) is 21.4. The first-order valence-corrected chi connectivity index (χ1v) is 12.5. The van der Waals surface area contributed by atoms with Crippen molar-refractivity contribution in [3.05, 3.63) is 88.2 Å². The minimum absolute atomic E-state index is 0.104. The van der Waals surface area contributed by atoms with Gasteiger partial charge in [0, 0.05) is 30.1 Å². The summed E-state index contributed by atoms with van der Waals surface area (Å²) in [4.78, 5) is 21.6. The van der Waals surface area contributed by atoms with Crippen molar-refractivity contribution in [2.45, 2.75) is 39.8 Å². The largest absolute Gasteiger partial charge is 0.457 e. The van der Waals surface area contributed by atoms with E-state index in [2.05, 4.69) is 20.6 Å². The van der Waals surface area contributed by atoms with E-state index < -0.39 is 17.6 Å². The number of anilines is 1. The third-order valence-electron chi connectivity index (χ3n) is 6.09. The number of benzene rings is 2. The Kier molecular flexibility index (Phi) is 8.14. The fourth-order valence-corrected chi connectivity index (χ4v) is 4.23. The predicted octanol–water partition coefficient (Wildman–Crippen LogP) is 6.55. The number of rotatable bonds is 5. The second-order valence-electron chi connectivity index (χ2n) is 8.65. The number of amidine groups is 1. The van der Waals surface area contributed by atoms with E-state index in [1.54, 1.807) is 18.3 Å². The average Bonchev–Trinajstić information content (AvgIpc) is 3.45. The number of amides is 1. The van der Waals surface area contributed by atoms with Gasteiger partial charge in [0.2, 0.25) is 0 Å². The van der Waals surface area contributed by atoms with Gasteiger partial charge < -0.3 is 15.4 Å². The quantitative estimate of drug-likeness (QED) is 0.399. The highest BCUT2D eigenvalue weighted by Gasteiger charge is 2.32. The second kappa shape index (κ2) is 11.5. The van der Waals surface area contributed by atoms with Gasteiger partial charge in [-0.1, -0.05) is 26.0 Å². The molecule has 2 heterocycles. The van der Waals surface area contributed by atoms with Crippen LogP contribution in [0.2, 0.25) is 0 Å². The van der Waals surface area contributed by atoms with Crippen LogP contribution in [0.25, 0.3) is 6.08 Å². The predicted molar refractivity (Wildman–Crippen MR) is 143 cm³/mol. The molecule has 1 amide bonds. The number of carbonyl (C=O) groups is 1. The Bertz CT molecular complexity index is 1400. The smallest absolute Gasteiger partial charge is 0.416 e. The number of nitrogens with zero attached hydrogens (tertiary/aromatic N) is 2. The lowest BCUT2D eigenvalue weighted by molar-refractivity contribution is -0.138. The second-order valence-corrected chi connectivity index (χ2v) is 8.65. The molecule has 38 heavy (non-hydrogen) atoms. The van der Waals surface area contributed by atoms with Crippen molar-refractivity contribution < 1.29 is 22.7 Å². The molecule has 2 aliphatic rings. The van der Waals surface area contributed by atoms with Gasteiger partial charge >= 0.3 is 6.18 Å². The van der Waals surface area contributed by atoms with E-state index in [0.29, 0.717) is 42.2 Å². The number of ether oxygens (including phenoxy) is 1. The number of carbonyl (C=O) groups excluding carboxylic acids is 1. The number of alkyl halides is 3. The zero-order valence-corrected chi connectivity index (χ0v) is 21.4. The summed E-state index contributed by atoms with van der Waals surface area (Å²) < 4.78 is 45.7. The number of aryl methyl sites for hydroxylation is 2. The monoisotopic (exact) mass is 522 g/mol. The Morgan fingerprint density at radius 1 is 1.03 bits per heavy atom. The van der Waals surface area contributed by atoms with E-state index in [-0.39, 0.29) is 11.3 Å². The third-order valence-corrected chi connectivity index (χ3v) is 6.09. The molecule has 0 radical (unpaired) electrons. The average molecular weight is 523 g/mol. The number of pyridine rings is 1. The van der Waals surface area contributed by atoms with E-state index in [4.69, 9.17) is 4.74 Å². The highest BCUT2D eigenvalue weighted by molar-refractivity contribution is 6.07. The van der Waals surface area contributed by atoms with Crippen LogP contribution < -0.4 is 15.4 Å². The number of fused-ring (bicyclic) bond motifs is 1. The Morgan fingerprint density at radius 2 is 1.82 bits per heavy atom. The number of aromatic nitrogens is 1. The minimum Gasteiger partial charge on any atom is -0.457 e. The maximum absolute atomic E-state index is 13.2. The molecule has 9 heteroatoms. The zero-order chi connectivity index (χ0) is 27.3. The molecule has 5 rings (SSSR count). The fraction of sp³-hybridized carbons (Fsp3) is 0.276. The first-order chi connectivity index (χ1) is 18.3. The van der Waals surface area contributed by atoms with Gasteiger partial charge in [-0.05, 0) is 72.9 Å². The molecule has 0 fully saturated rings. The molecule has 1 aliphatic heterocycles. The van der Waals surface area contributed by atoms with Crippen LogP contribution in [-0.4, -0.2) is 29.8 Å². The maximum Gasteiger partial charge on any atom is 0.416 e. The lowest BCUT2D eigenvalue weighted by Crippen LogP contribution is -2.20. The molecule has 2 N–H and O–H groups in total. The lowest BCUT2D eigenvalue weighted by atomic mass is 9.91. The summed E-state index contributed by atoms with van der Waals surface area (Å²) in [5.41, 5.74) is 2.54. The van der Waals surface area contributed by atoms with Crippen molar-refractivity contribution in [2.75, 3.05) is 18.4 Å². The van der Waals surface area contributed by atoms with Crippen LogP contribution in [0.1, 0.15) is 48.2 Å². The molecule has 0 atom stereocenters. The molecule has 198 valence electrons. The van der Waals surface area contributed by atoms with E-state index >= 15 is 0 Å². The molecular weight excluding hydrogens is 493 g/mol. The normalized spacial score (nSPS) is 14.3. The Labute approximate surface area is 219 Å². The van der Waals surface area contributed by atoms with Crippen LogP contribution in [0, 0.1) is 6.92 Å². The molecule has 1 aromatic heterocycles. The van der Waals surface area contributed by atoms with Crippen LogP contribution in [0.5, 0.6) is 11.5 Å². The molecule has 3 aromatic rings. The Morgan fingerprint density at radius 3 is 2.55 bits per heavy atom. The van der Waals surface area contributed by atoms with Crippen LogP contribution >= 0.6 is 0 Å². The van der Waals surface area contributed by atoms with Crippen LogP contribution in [0.4, 0.5) is 18.9 Å². The minimum atomic E-state index is -4.49. The molecule has 1 aliphatic carbocycles. The van der Waals surface area contributed by atoms with E-state index in [9.17, 15) is 18.0 Å². The summed E-state index contributed by atoms with van der Waals surface area (Å²) in [5.74, 6) is 1.51. The number of hydrogen-bond donors (Lipinski definition) is 2. The van der Waals surface area contributed by atoms with Crippen molar-refractivity contribution in [2.24, 2.45) is 4.99 Å². The standard InChI is InChI=1S/C27H23F3N4O2.C2H6/c1-16-2-6-20(14-23(16)27(28,29)30)34-26(35)18-4-3-17-5-7-21(13-19(17)12-18)36-22-8-9-31-24(15-22)25-32-10-11-33-25;1-2/h2,5-9,12-15H,3-4,10-11H2,1H3,(H,32,33)(H,34,35);1-2H3. The summed E-state index contributed by atoms with van der Waals surface area (Å²) >= 11 is 0. The highest BCUT2D eigenvalue weighted by Crippen LogP contribution is 2.34. The molecule has 2 aromatic carbocycles. The van der Waals surface area contributed by atoms with Crippen molar-refractivity contribution in [1.82, 2.24) is 10.3 Å². The molecule has 0 spiro atoms. The Balaban J connectivity index is 0.00000164. The molecular formula is C29H29F3N4O2. The van der Waals surface area contributed by atoms with Crippen molar-refractivity contribution in [3.8, 4) is 11.5 Å². The topological polar surface area (TPSA) is 75.6 Å². The number of halogens is 3. The Hall–Kier alpha value is -4.14. The van der Waals surface area contributed by atoms with Gasteiger partial charge in [0.1, 0.15) is 23.0 Å². The number of aliphatic imine (C=N–C) groups is 1. The first kappa shape index (κ1) is 26.9. The molecule has 0 bridgehead atoms. The van der Waals surface area contributed by atoms with Crippen molar-refractivity contribution in [3.63, 3.8) is 0 Å². The van der Waals surface area contributed by atoms with Gasteiger partial charge in [0.05, 0.1) is 12.1 Å². The van der Waals surface area contributed by atoms with Crippen LogP contribution in [-0.2, 0) is 17.4 Å². The van der Waals surface area contributed by atoms with Gasteiger partial charge in [-0.25, -0.2) is 0 Å². The van der Waals surface area contributed by atoms with Gasteiger partial charge in [-0.2, -0.15) is 13.2 Å². The molecule has 0 saturated heterocycles. The van der Waals surface area contributed by atoms with Gasteiger partial charge in [0.25, 0.3) is 5.91 Å². The van der Waals surface area contributed by atoms with Crippen LogP contribution in [0.15, 0.2) is 65.3 Å². The fourth-order valence-electron chi connectivity index (χ4n) is 4.23. The summed E-state index contributed by atoms with van der Waals surface area (Å²) in [7, 11) is 0. The van der Waals surface area contributed by atoms with Gasteiger partial charge in [-0.3, -0.25) is 14.8 Å². The van der Waals surface area contributed by atoms with E-state index in [1.165, 1.54) is 19.1 Å². The van der Waals surface area contributed by atoms with E-state index in [1.807, 2.05) is 38.1 Å². The maximum atomic E-state index is 13.2. The summed E-state index contributed by atoms with van der Waals surface area (Å²) in [6, 6.07) is 13.0.